The van der Waals surface area contributed by atoms with E-state index in [-0.39, 0.29) is 5.82 Å². The van der Waals surface area contributed by atoms with Crippen LogP contribution in [-0.4, -0.2) is 0 Å². The third-order valence-corrected chi connectivity index (χ3v) is 3.25. The van der Waals surface area contributed by atoms with E-state index in [1.54, 1.807) is 18.2 Å². The molecule has 0 spiro atoms. The van der Waals surface area contributed by atoms with Gasteiger partial charge in [-0.3, -0.25) is 0 Å². The second-order valence-electron chi connectivity index (χ2n) is 3.98. The lowest BCUT2D eigenvalue weighted by Gasteiger charge is -2.10. The number of ether oxygens (including phenoxy) is 1. The lowest BCUT2D eigenvalue weighted by molar-refractivity contribution is 0.303. The van der Waals surface area contributed by atoms with Gasteiger partial charge in [0, 0.05) is 10.9 Å². The van der Waals surface area contributed by atoms with E-state index in [0.717, 1.165) is 11.1 Å². The molecule has 0 unspecified atom stereocenters. The van der Waals surface area contributed by atoms with Crippen LogP contribution in [0.2, 0.25) is 0 Å². The van der Waals surface area contributed by atoms with Crippen LogP contribution in [0, 0.1) is 17.1 Å². The van der Waals surface area contributed by atoms with Gasteiger partial charge >= 0.3 is 0 Å². The molecule has 0 aliphatic rings. The number of hydrogen-bond donors (Lipinski definition) is 0. The van der Waals surface area contributed by atoms with Crippen LogP contribution in [0.4, 0.5) is 4.39 Å². The molecular formula is C15H11BrFNO. The molecule has 0 aliphatic heterocycles. The third kappa shape index (κ3) is 3.55. The summed E-state index contributed by atoms with van der Waals surface area (Å²) in [6, 6.07) is 13.7. The van der Waals surface area contributed by atoms with Gasteiger partial charge in [-0.25, -0.2) is 4.39 Å². The zero-order chi connectivity index (χ0) is 13.7. The lowest BCUT2D eigenvalue weighted by Crippen LogP contribution is -1.98. The highest BCUT2D eigenvalue weighted by molar-refractivity contribution is 9.08. The highest BCUT2D eigenvalue weighted by Crippen LogP contribution is 2.23. The molecule has 0 saturated heterocycles. The van der Waals surface area contributed by atoms with E-state index in [0.29, 0.717) is 23.2 Å². The Labute approximate surface area is 119 Å². The first-order valence-corrected chi connectivity index (χ1v) is 6.81. The zero-order valence-electron chi connectivity index (χ0n) is 10.1. The molecule has 4 heteroatoms. The Morgan fingerprint density at radius 1 is 1.16 bits per heavy atom. The quantitative estimate of drug-likeness (QED) is 0.792. The largest absolute Gasteiger partial charge is 0.489 e. The van der Waals surface area contributed by atoms with Crippen molar-refractivity contribution in [2.75, 3.05) is 0 Å². The average molecular weight is 320 g/mol. The second-order valence-corrected chi connectivity index (χ2v) is 4.54. The molecule has 0 amide bonds. The maximum atomic E-state index is 13.1. The van der Waals surface area contributed by atoms with E-state index >= 15 is 0 Å². The van der Waals surface area contributed by atoms with Crippen LogP contribution >= 0.6 is 15.9 Å². The third-order valence-electron chi connectivity index (χ3n) is 2.64. The minimum atomic E-state index is -0.278. The maximum absolute atomic E-state index is 13.1. The van der Waals surface area contributed by atoms with Crippen molar-refractivity contribution in [1.82, 2.24) is 0 Å². The van der Waals surface area contributed by atoms with Gasteiger partial charge in [-0.1, -0.05) is 28.1 Å². The molecule has 0 fully saturated rings. The summed E-state index contributed by atoms with van der Waals surface area (Å²) < 4.78 is 18.7. The molecule has 0 atom stereocenters. The number of alkyl halides is 1. The van der Waals surface area contributed by atoms with Crippen LogP contribution in [-0.2, 0) is 11.9 Å². The molecule has 0 radical (unpaired) electrons. The Hall–Kier alpha value is -1.86. The highest BCUT2D eigenvalue weighted by atomic mass is 79.9. The fourth-order valence-electron chi connectivity index (χ4n) is 1.63. The van der Waals surface area contributed by atoms with Crippen LogP contribution in [0.25, 0.3) is 0 Å². The van der Waals surface area contributed by atoms with E-state index in [2.05, 4.69) is 22.0 Å². The number of rotatable bonds is 4. The molecule has 0 saturated carbocycles. The smallest absolute Gasteiger partial charge is 0.124 e. The number of nitriles is 1. The summed E-state index contributed by atoms with van der Waals surface area (Å²) >= 11 is 3.30. The summed E-state index contributed by atoms with van der Waals surface area (Å²) in [7, 11) is 0. The maximum Gasteiger partial charge on any atom is 0.124 e. The Morgan fingerprint density at radius 3 is 2.53 bits per heavy atom. The van der Waals surface area contributed by atoms with Gasteiger partial charge in [0.25, 0.3) is 0 Å². The molecule has 96 valence electrons. The summed E-state index contributed by atoms with van der Waals surface area (Å²) in [5.74, 6) is 0.378. The molecule has 2 nitrogen and oxygen atoms in total. The zero-order valence-corrected chi connectivity index (χ0v) is 11.7. The van der Waals surface area contributed by atoms with Crippen molar-refractivity contribution in [3.05, 3.63) is 65.0 Å². The molecule has 0 aromatic heterocycles. The predicted molar refractivity (Wildman–Crippen MR) is 74.5 cm³/mol. The first-order valence-electron chi connectivity index (χ1n) is 5.69. The van der Waals surface area contributed by atoms with Gasteiger partial charge in [0.15, 0.2) is 0 Å². The van der Waals surface area contributed by atoms with Gasteiger partial charge in [0.1, 0.15) is 18.2 Å². The van der Waals surface area contributed by atoms with E-state index < -0.39 is 0 Å². The van der Waals surface area contributed by atoms with Crippen molar-refractivity contribution >= 4 is 15.9 Å². The van der Waals surface area contributed by atoms with Crippen molar-refractivity contribution < 1.29 is 9.13 Å². The summed E-state index contributed by atoms with van der Waals surface area (Å²) in [5, 5.41) is 9.24. The Balaban J connectivity index is 2.07. The fourth-order valence-corrected chi connectivity index (χ4v) is 2.07. The molecule has 0 aliphatic carbocycles. The number of benzene rings is 2. The van der Waals surface area contributed by atoms with Crippen molar-refractivity contribution in [2.45, 2.75) is 11.9 Å². The molecule has 0 heterocycles. The summed E-state index contributed by atoms with van der Waals surface area (Å²) in [6.07, 6.45) is 0. The van der Waals surface area contributed by atoms with Crippen LogP contribution in [0.1, 0.15) is 16.7 Å². The van der Waals surface area contributed by atoms with Crippen molar-refractivity contribution in [3.63, 3.8) is 0 Å². The summed E-state index contributed by atoms with van der Waals surface area (Å²) in [6.45, 7) is 0.386. The van der Waals surface area contributed by atoms with E-state index in [1.165, 1.54) is 12.1 Å². The highest BCUT2D eigenvalue weighted by Gasteiger charge is 2.04. The Kier molecular flexibility index (Phi) is 4.53. The second kappa shape index (κ2) is 6.35. The topological polar surface area (TPSA) is 33.0 Å². The first kappa shape index (κ1) is 13.6. The minimum absolute atomic E-state index is 0.278. The van der Waals surface area contributed by atoms with E-state index in [9.17, 15) is 4.39 Å². The number of hydrogen-bond acceptors (Lipinski definition) is 2. The Morgan fingerprint density at radius 2 is 1.89 bits per heavy atom. The van der Waals surface area contributed by atoms with Crippen molar-refractivity contribution in [1.29, 1.82) is 5.26 Å². The van der Waals surface area contributed by atoms with Gasteiger partial charge < -0.3 is 4.74 Å². The SMILES string of the molecule is N#Cc1ccc(COc2ccc(F)cc2CBr)cc1. The summed E-state index contributed by atoms with van der Waals surface area (Å²) in [4.78, 5) is 0. The van der Waals surface area contributed by atoms with Gasteiger partial charge in [-0.2, -0.15) is 5.26 Å². The monoisotopic (exact) mass is 319 g/mol. The molecule has 2 aromatic rings. The fraction of sp³-hybridized carbons (Fsp3) is 0.133. The molecule has 0 N–H and O–H groups in total. The van der Waals surface area contributed by atoms with Gasteiger partial charge in [0.2, 0.25) is 0 Å². The molecule has 19 heavy (non-hydrogen) atoms. The Bertz CT molecular complexity index is 605. The predicted octanol–water partition coefficient (Wildman–Crippen LogP) is 4.17. The number of nitrogens with zero attached hydrogens (tertiary/aromatic N) is 1. The first-order chi connectivity index (χ1) is 9.22. The van der Waals surface area contributed by atoms with Crippen molar-refractivity contribution in [2.24, 2.45) is 0 Å². The minimum Gasteiger partial charge on any atom is -0.489 e. The number of halogens is 2. The normalized spacial score (nSPS) is 9.95. The van der Waals surface area contributed by atoms with Crippen molar-refractivity contribution in [3.8, 4) is 11.8 Å². The summed E-state index contributed by atoms with van der Waals surface area (Å²) in [5.41, 5.74) is 2.35. The molecule has 2 rings (SSSR count). The standard InChI is InChI=1S/C15H11BrFNO/c16-8-13-7-14(17)5-6-15(13)19-10-12-3-1-11(9-18)2-4-12/h1-7H,8,10H2. The molecular weight excluding hydrogens is 309 g/mol. The van der Waals surface area contributed by atoms with Crippen LogP contribution in [0.3, 0.4) is 0 Å². The van der Waals surface area contributed by atoms with Gasteiger partial charge in [-0.05, 0) is 35.9 Å². The van der Waals surface area contributed by atoms with Crippen LogP contribution in [0.5, 0.6) is 5.75 Å². The average Bonchev–Trinajstić information content (AvgIpc) is 2.46. The van der Waals surface area contributed by atoms with Crippen LogP contribution in [0.15, 0.2) is 42.5 Å². The van der Waals surface area contributed by atoms with E-state index in [4.69, 9.17) is 10.00 Å². The molecule has 0 bridgehead atoms. The molecule has 2 aromatic carbocycles. The van der Waals surface area contributed by atoms with Crippen LogP contribution < -0.4 is 4.74 Å². The van der Waals surface area contributed by atoms with Gasteiger partial charge in [0.05, 0.1) is 11.6 Å². The lowest BCUT2D eigenvalue weighted by atomic mass is 10.1. The van der Waals surface area contributed by atoms with E-state index in [1.807, 2.05) is 12.1 Å². The van der Waals surface area contributed by atoms with Gasteiger partial charge in [-0.15, -0.1) is 0 Å².